The number of nitrogens with zero attached hydrogens (tertiary/aromatic N) is 1. The van der Waals surface area contributed by atoms with Crippen molar-refractivity contribution in [2.75, 3.05) is 0 Å². The molecule has 20 heavy (non-hydrogen) atoms. The fourth-order valence-corrected chi connectivity index (χ4v) is 1.37. The summed E-state index contributed by atoms with van der Waals surface area (Å²) in [6, 6.07) is 1.09. The molecule has 0 saturated carbocycles. The summed E-state index contributed by atoms with van der Waals surface area (Å²) in [4.78, 5) is 0. The summed E-state index contributed by atoms with van der Waals surface area (Å²) in [5, 5.41) is 8.06. The van der Waals surface area contributed by atoms with E-state index in [0.717, 1.165) is 6.07 Å². The van der Waals surface area contributed by atoms with E-state index >= 15 is 0 Å². The zero-order valence-corrected chi connectivity index (χ0v) is 9.08. The summed E-state index contributed by atoms with van der Waals surface area (Å²) < 4.78 is 120. The lowest BCUT2D eigenvalue weighted by Crippen LogP contribution is -2.58. The smallest absolute Gasteiger partial charge is 0.290 e. The Bertz CT molecular complexity index is 409. The molecule has 0 aromatic heterocycles. The van der Waals surface area contributed by atoms with Crippen LogP contribution < -0.4 is 0 Å². The molecule has 0 amide bonds. The highest BCUT2D eigenvalue weighted by molar-refractivity contribution is 5.00. The van der Waals surface area contributed by atoms with E-state index in [1.54, 1.807) is 0 Å². The molecule has 1 aliphatic heterocycles. The number of rotatable bonds is 2. The molecule has 0 aromatic carbocycles. The van der Waals surface area contributed by atoms with Crippen LogP contribution >= 0.6 is 0 Å². The van der Waals surface area contributed by atoms with Crippen LogP contribution in [0.1, 0.15) is 12.8 Å². The molecule has 1 fully saturated rings. The van der Waals surface area contributed by atoms with Gasteiger partial charge in [0.1, 0.15) is 0 Å². The fourth-order valence-electron chi connectivity index (χ4n) is 1.37. The first kappa shape index (κ1) is 16.8. The van der Waals surface area contributed by atoms with Crippen molar-refractivity contribution in [1.29, 1.82) is 5.26 Å². The number of hydrogen-bond acceptors (Lipinski definition) is 3. The van der Waals surface area contributed by atoms with Gasteiger partial charge in [-0.15, -0.1) is 0 Å². The molecular weight excluding hydrogens is 313 g/mol. The monoisotopic (exact) mass is 317 g/mol. The van der Waals surface area contributed by atoms with E-state index in [0.29, 0.717) is 0 Å². The van der Waals surface area contributed by atoms with Gasteiger partial charge in [-0.2, -0.15) is 40.4 Å². The SMILES string of the molecule is N#CCCC1(F)OC(C(F)(F)F)(C(F)(F)F)OC1(F)F. The topological polar surface area (TPSA) is 42.2 Å². The van der Waals surface area contributed by atoms with Crippen molar-refractivity contribution in [2.24, 2.45) is 0 Å². The number of ether oxygens (including phenoxy) is 2. The molecule has 0 N–H and O–H groups in total. The molecular formula is C8H4F9NO2. The molecule has 0 bridgehead atoms. The maximum absolute atomic E-state index is 13.6. The molecule has 12 heteroatoms. The zero-order valence-electron chi connectivity index (χ0n) is 9.08. The van der Waals surface area contributed by atoms with Crippen molar-refractivity contribution in [3.05, 3.63) is 0 Å². The predicted octanol–water partition coefficient (Wildman–Crippen LogP) is 3.42. The maximum Gasteiger partial charge on any atom is 0.453 e. The first-order valence-corrected chi connectivity index (χ1v) is 4.70. The van der Waals surface area contributed by atoms with Gasteiger partial charge in [-0.3, -0.25) is 9.47 Å². The fraction of sp³-hybridized carbons (Fsp3) is 0.875. The van der Waals surface area contributed by atoms with Crippen LogP contribution in [-0.4, -0.2) is 30.1 Å². The molecule has 1 unspecified atom stereocenters. The number of alkyl halides is 9. The highest BCUT2D eigenvalue weighted by atomic mass is 19.4. The average Bonchev–Trinajstić information content (AvgIpc) is 2.44. The molecule has 1 saturated heterocycles. The molecule has 116 valence electrons. The van der Waals surface area contributed by atoms with Gasteiger partial charge in [-0.25, -0.2) is 4.39 Å². The van der Waals surface area contributed by atoms with Gasteiger partial charge >= 0.3 is 30.1 Å². The van der Waals surface area contributed by atoms with E-state index in [-0.39, 0.29) is 0 Å². The van der Waals surface area contributed by atoms with Crippen LogP contribution in [0.15, 0.2) is 0 Å². The Morgan fingerprint density at radius 3 is 1.65 bits per heavy atom. The van der Waals surface area contributed by atoms with Crippen LogP contribution in [-0.2, 0) is 9.47 Å². The number of halogens is 9. The minimum absolute atomic E-state index is 1.09. The second kappa shape index (κ2) is 4.39. The van der Waals surface area contributed by atoms with E-state index < -0.39 is 42.9 Å². The third kappa shape index (κ3) is 2.28. The average molecular weight is 317 g/mol. The van der Waals surface area contributed by atoms with Gasteiger partial charge < -0.3 is 0 Å². The zero-order chi connectivity index (χ0) is 16.0. The molecule has 1 aliphatic rings. The van der Waals surface area contributed by atoms with Crippen molar-refractivity contribution in [2.45, 2.75) is 42.9 Å². The second-order valence-electron chi connectivity index (χ2n) is 3.72. The summed E-state index contributed by atoms with van der Waals surface area (Å²) in [5.41, 5.74) is 0. The van der Waals surface area contributed by atoms with Gasteiger partial charge in [-0.1, -0.05) is 0 Å². The molecule has 3 nitrogen and oxygen atoms in total. The van der Waals surface area contributed by atoms with Crippen LogP contribution in [0.3, 0.4) is 0 Å². The summed E-state index contributed by atoms with van der Waals surface area (Å²) in [5.74, 6) is -10.5. The van der Waals surface area contributed by atoms with Crippen molar-refractivity contribution in [3.63, 3.8) is 0 Å². The highest BCUT2D eigenvalue weighted by Gasteiger charge is 2.87. The lowest BCUT2D eigenvalue weighted by Gasteiger charge is -2.31. The highest BCUT2D eigenvalue weighted by Crippen LogP contribution is 2.60. The first-order valence-electron chi connectivity index (χ1n) is 4.70. The Kier molecular flexibility index (Phi) is 3.69. The van der Waals surface area contributed by atoms with Crippen LogP contribution in [0.4, 0.5) is 39.5 Å². The Morgan fingerprint density at radius 2 is 1.35 bits per heavy atom. The second-order valence-corrected chi connectivity index (χ2v) is 3.72. The maximum atomic E-state index is 13.6. The molecule has 0 aromatic rings. The summed E-state index contributed by atoms with van der Waals surface area (Å²) in [7, 11) is 0. The van der Waals surface area contributed by atoms with E-state index in [2.05, 4.69) is 9.47 Å². The minimum atomic E-state index is -6.50. The lowest BCUT2D eigenvalue weighted by atomic mass is 10.1. The van der Waals surface area contributed by atoms with E-state index in [1.165, 1.54) is 0 Å². The third-order valence-electron chi connectivity index (χ3n) is 2.32. The van der Waals surface area contributed by atoms with Crippen molar-refractivity contribution >= 4 is 0 Å². The third-order valence-corrected chi connectivity index (χ3v) is 2.32. The van der Waals surface area contributed by atoms with Gasteiger partial charge in [0.15, 0.2) is 0 Å². The number of hydrogen-bond donors (Lipinski definition) is 0. The standard InChI is InChI=1S/C8H4F9NO2/c9-4(2-1-3-18)8(16,17)20-5(19-4,6(10,11)12)7(13,14)15/h1-2H2. The number of nitriles is 1. The molecule has 0 spiro atoms. The van der Waals surface area contributed by atoms with Gasteiger partial charge in [-0.05, 0) is 0 Å². The van der Waals surface area contributed by atoms with Crippen LogP contribution in [0, 0.1) is 11.3 Å². The van der Waals surface area contributed by atoms with Crippen LogP contribution in [0.2, 0.25) is 0 Å². The Morgan fingerprint density at radius 1 is 0.900 bits per heavy atom. The van der Waals surface area contributed by atoms with Crippen LogP contribution in [0.5, 0.6) is 0 Å². The van der Waals surface area contributed by atoms with E-state index in [1.807, 2.05) is 0 Å². The Balaban J connectivity index is 3.32. The van der Waals surface area contributed by atoms with Gasteiger partial charge in [0.2, 0.25) is 0 Å². The van der Waals surface area contributed by atoms with Crippen molar-refractivity contribution < 1.29 is 49.0 Å². The quantitative estimate of drug-likeness (QED) is 0.733. The summed E-state index contributed by atoms with van der Waals surface area (Å²) in [6.07, 6.45) is -21.4. The van der Waals surface area contributed by atoms with Crippen LogP contribution in [0.25, 0.3) is 0 Å². The normalized spacial score (nSPS) is 29.2. The molecule has 1 rings (SSSR count). The summed E-state index contributed by atoms with van der Waals surface area (Å²) in [6.45, 7) is 0. The molecule has 1 heterocycles. The van der Waals surface area contributed by atoms with Gasteiger partial charge in [0.25, 0.3) is 0 Å². The first-order chi connectivity index (χ1) is 8.72. The van der Waals surface area contributed by atoms with Gasteiger partial charge in [0, 0.05) is 12.8 Å². The van der Waals surface area contributed by atoms with E-state index in [4.69, 9.17) is 5.26 Å². The van der Waals surface area contributed by atoms with Crippen molar-refractivity contribution in [3.8, 4) is 6.07 Å². The van der Waals surface area contributed by atoms with Gasteiger partial charge in [0.05, 0.1) is 6.07 Å². The molecule has 0 radical (unpaired) electrons. The lowest BCUT2D eigenvalue weighted by molar-refractivity contribution is -0.463. The predicted molar refractivity (Wildman–Crippen MR) is 40.6 cm³/mol. The Labute approximate surface area is 104 Å². The molecule has 1 atom stereocenters. The largest absolute Gasteiger partial charge is 0.453 e. The van der Waals surface area contributed by atoms with Crippen molar-refractivity contribution in [1.82, 2.24) is 0 Å². The summed E-state index contributed by atoms with van der Waals surface area (Å²) >= 11 is 0. The molecule has 0 aliphatic carbocycles. The van der Waals surface area contributed by atoms with E-state index in [9.17, 15) is 39.5 Å². The minimum Gasteiger partial charge on any atom is -0.290 e. The Hall–Kier alpha value is -1.22.